The van der Waals surface area contributed by atoms with Gasteiger partial charge < -0.3 is 20.3 Å². The Morgan fingerprint density at radius 3 is 2.67 bits per heavy atom. The number of aliphatic hydroxyl groups excluding tert-OH is 1. The smallest absolute Gasteiger partial charge is 0.139 e. The van der Waals surface area contributed by atoms with Gasteiger partial charge in [0, 0.05) is 16.2 Å². The summed E-state index contributed by atoms with van der Waals surface area (Å²) in [5, 5.41) is 10.4. The number of aliphatic hydroxyl groups is 1. The summed E-state index contributed by atoms with van der Waals surface area (Å²) in [5.74, 6) is 1.11. The summed E-state index contributed by atoms with van der Waals surface area (Å²) >= 11 is 9.33. The number of benzene rings is 2. The molecule has 6 heteroatoms. The summed E-state index contributed by atoms with van der Waals surface area (Å²) < 4.78 is 11.8. The first-order chi connectivity index (χ1) is 10.0. The molecule has 2 aromatic carbocycles. The average molecular weight is 373 g/mol. The lowest BCUT2D eigenvalue weighted by Crippen LogP contribution is -2.25. The number of anilines is 1. The number of rotatable bonds is 6. The van der Waals surface area contributed by atoms with Crippen molar-refractivity contribution in [1.29, 1.82) is 0 Å². The maximum absolute atomic E-state index is 9.87. The van der Waals surface area contributed by atoms with Gasteiger partial charge in [-0.3, -0.25) is 0 Å². The van der Waals surface area contributed by atoms with Gasteiger partial charge in [-0.2, -0.15) is 0 Å². The molecule has 0 aliphatic rings. The van der Waals surface area contributed by atoms with Crippen LogP contribution in [0.5, 0.6) is 11.5 Å². The summed E-state index contributed by atoms with van der Waals surface area (Å²) in [6.07, 6.45) is -0.776. The maximum atomic E-state index is 9.87. The molecule has 0 aliphatic heterocycles. The van der Waals surface area contributed by atoms with E-state index >= 15 is 0 Å². The van der Waals surface area contributed by atoms with Gasteiger partial charge in [0.2, 0.25) is 0 Å². The molecule has 0 fully saturated rings. The van der Waals surface area contributed by atoms with Gasteiger partial charge in [-0.25, -0.2) is 0 Å². The van der Waals surface area contributed by atoms with Crippen LogP contribution in [0, 0.1) is 0 Å². The molecule has 2 rings (SSSR count). The summed E-state index contributed by atoms with van der Waals surface area (Å²) in [6, 6.07) is 12.3. The molecular weight excluding hydrogens is 358 g/mol. The number of nitrogens with two attached hydrogens (primary N) is 1. The van der Waals surface area contributed by atoms with Crippen molar-refractivity contribution in [3.63, 3.8) is 0 Å². The quantitative estimate of drug-likeness (QED) is 0.762. The molecule has 21 heavy (non-hydrogen) atoms. The second-order valence-electron chi connectivity index (χ2n) is 4.42. The molecule has 3 N–H and O–H groups in total. The molecule has 112 valence electrons. The van der Waals surface area contributed by atoms with E-state index in [1.165, 1.54) is 0 Å². The molecule has 0 aliphatic carbocycles. The first-order valence-corrected chi connectivity index (χ1v) is 7.46. The van der Waals surface area contributed by atoms with Gasteiger partial charge in [0.25, 0.3) is 0 Å². The van der Waals surface area contributed by atoms with E-state index < -0.39 is 6.10 Å². The van der Waals surface area contributed by atoms with Crippen molar-refractivity contribution >= 4 is 33.2 Å². The van der Waals surface area contributed by atoms with Crippen LogP contribution in [0.25, 0.3) is 0 Å². The van der Waals surface area contributed by atoms with Crippen LogP contribution in [-0.4, -0.2) is 24.4 Å². The topological polar surface area (TPSA) is 64.7 Å². The molecule has 0 saturated heterocycles. The predicted molar refractivity (Wildman–Crippen MR) is 87.0 cm³/mol. The fourth-order valence-corrected chi connectivity index (χ4v) is 2.13. The molecule has 0 aromatic heterocycles. The molecule has 0 bridgehead atoms. The van der Waals surface area contributed by atoms with Crippen molar-refractivity contribution < 1.29 is 14.6 Å². The molecule has 1 atom stereocenters. The Morgan fingerprint density at radius 2 is 1.90 bits per heavy atom. The van der Waals surface area contributed by atoms with Crippen LogP contribution in [-0.2, 0) is 0 Å². The lowest BCUT2D eigenvalue weighted by Gasteiger charge is -2.14. The van der Waals surface area contributed by atoms with Crippen molar-refractivity contribution in [3.8, 4) is 11.5 Å². The minimum absolute atomic E-state index is 0.0818. The SMILES string of the molecule is Nc1cccc(OCC(O)COc2cc(Br)ccc2Cl)c1. The summed E-state index contributed by atoms with van der Waals surface area (Å²) in [4.78, 5) is 0. The summed E-state index contributed by atoms with van der Waals surface area (Å²) in [7, 11) is 0. The zero-order valence-corrected chi connectivity index (χ0v) is 13.5. The van der Waals surface area contributed by atoms with Crippen LogP contribution in [0.2, 0.25) is 5.02 Å². The highest BCUT2D eigenvalue weighted by atomic mass is 79.9. The van der Waals surface area contributed by atoms with Crippen LogP contribution >= 0.6 is 27.5 Å². The Balaban J connectivity index is 1.82. The number of hydrogen-bond acceptors (Lipinski definition) is 4. The highest BCUT2D eigenvalue weighted by molar-refractivity contribution is 9.10. The lowest BCUT2D eigenvalue weighted by atomic mass is 10.3. The molecule has 0 heterocycles. The summed E-state index contributed by atoms with van der Waals surface area (Å²) in [6.45, 7) is 0.188. The van der Waals surface area contributed by atoms with E-state index in [-0.39, 0.29) is 13.2 Å². The van der Waals surface area contributed by atoms with Crippen molar-refractivity contribution in [3.05, 3.63) is 52.0 Å². The van der Waals surface area contributed by atoms with Gasteiger partial charge in [-0.15, -0.1) is 0 Å². The molecule has 0 radical (unpaired) electrons. The first kappa shape index (κ1) is 15.9. The van der Waals surface area contributed by atoms with Crippen LogP contribution in [0.3, 0.4) is 0 Å². The second kappa shape index (κ2) is 7.54. The average Bonchev–Trinajstić information content (AvgIpc) is 2.46. The largest absolute Gasteiger partial charge is 0.491 e. The van der Waals surface area contributed by atoms with Crippen LogP contribution < -0.4 is 15.2 Å². The molecular formula is C15H15BrClNO3. The van der Waals surface area contributed by atoms with Crippen molar-refractivity contribution in [1.82, 2.24) is 0 Å². The van der Waals surface area contributed by atoms with E-state index in [1.54, 1.807) is 36.4 Å². The van der Waals surface area contributed by atoms with Crippen molar-refractivity contribution in [2.24, 2.45) is 0 Å². The molecule has 0 amide bonds. The highest BCUT2D eigenvalue weighted by Gasteiger charge is 2.09. The number of nitrogen functional groups attached to an aromatic ring is 1. The van der Waals surface area contributed by atoms with E-state index in [1.807, 2.05) is 6.07 Å². The van der Waals surface area contributed by atoms with Gasteiger partial charge in [-0.1, -0.05) is 33.6 Å². The molecule has 2 aromatic rings. The van der Waals surface area contributed by atoms with E-state index in [2.05, 4.69) is 15.9 Å². The van der Waals surface area contributed by atoms with E-state index in [4.69, 9.17) is 26.8 Å². The second-order valence-corrected chi connectivity index (χ2v) is 5.75. The number of hydrogen-bond donors (Lipinski definition) is 2. The number of halogens is 2. The minimum Gasteiger partial charge on any atom is -0.491 e. The fourth-order valence-electron chi connectivity index (χ4n) is 1.62. The zero-order valence-electron chi connectivity index (χ0n) is 11.1. The van der Waals surface area contributed by atoms with Crippen molar-refractivity contribution in [2.75, 3.05) is 18.9 Å². The Labute approximate surface area is 136 Å². The Morgan fingerprint density at radius 1 is 1.14 bits per heavy atom. The van der Waals surface area contributed by atoms with E-state index in [0.29, 0.717) is 22.2 Å². The third-order valence-corrected chi connectivity index (χ3v) is 3.43. The van der Waals surface area contributed by atoms with Gasteiger partial charge >= 0.3 is 0 Å². The molecule has 0 spiro atoms. The predicted octanol–water partition coefficient (Wildman–Crippen LogP) is 3.50. The third-order valence-electron chi connectivity index (χ3n) is 2.62. The minimum atomic E-state index is -0.776. The number of ether oxygens (including phenoxy) is 2. The van der Waals surface area contributed by atoms with Gasteiger partial charge in [0.1, 0.15) is 30.8 Å². The molecule has 1 unspecified atom stereocenters. The Hall–Kier alpha value is -1.43. The summed E-state index contributed by atoms with van der Waals surface area (Å²) in [5.41, 5.74) is 6.25. The standard InChI is InChI=1S/C15H15BrClNO3/c16-10-4-5-14(17)15(6-10)21-9-12(19)8-20-13-3-1-2-11(18)7-13/h1-7,12,19H,8-9,18H2. The highest BCUT2D eigenvalue weighted by Crippen LogP contribution is 2.28. The third kappa shape index (κ3) is 5.12. The van der Waals surface area contributed by atoms with Crippen LogP contribution in [0.4, 0.5) is 5.69 Å². The fraction of sp³-hybridized carbons (Fsp3) is 0.200. The zero-order chi connectivity index (χ0) is 15.2. The maximum Gasteiger partial charge on any atom is 0.139 e. The van der Waals surface area contributed by atoms with E-state index in [0.717, 1.165) is 4.47 Å². The molecule has 4 nitrogen and oxygen atoms in total. The van der Waals surface area contributed by atoms with Gasteiger partial charge in [0.05, 0.1) is 5.02 Å². The molecule has 0 saturated carbocycles. The Kier molecular flexibility index (Phi) is 5.73. The van der Waals surface area contributed by atoms with Gasteiger partial charge in [-0.05, 0) is 30.3 Å². The van der Waals surface area contributed by atoms with Gasteiger partial charge in [0.15, 0.2) is 0 Å². The van der Waals surface area contributed by atoms with Crippen molar-refractivity contribution in [2.45, 2.75) is 6.10 Å². The lowest BCUT2D eigenvalue weighted by molar-refractivity contribution is 0.0627. The van der Waals surface area contributed by atoms with Crippen LogP contribution in [0.15, 0.2) is 46.9 Å². The van der Waals surface area contributed by atoms with E-state index in [9.17, 15) is 5.11 Å². The first-order valence-electron chi connectivity index (χ1n) is 6.29. The van der Waals surface area contributed by atoms with Crippen LogP contribution in [0.1, 0.15) is 0 Å². The Bertz CT molecular complexity index is 609. The normalized spacial score (nSPS) is 12.0. The monoisotopic (exact) mass is 371 g/mol.